The predicted octanol–water partition coefficient (Wildman–Crippen LogP) is 1.69. The first-order valence-corrected chi connectivity index (χ1v) is 4.47. The standard InChI is InChI=1S/C7H14N2O.BF4/c1-3-8-4-5-9(6-8)7(2)10;2-1(3,4)5/h4-5,7,10H,3,6H2,1-2H3;/q;-1. The van der Waals surface area contributed by atoms with E-state index in [1.807, 2.05) is 17.3 Å². The second-order valence-corrected chi connectivity index (χ2v) is 2.99. The molecule has 8 heteroatoms. The summed E-state index contributed by atoms with van der Waals surface area (Å²) < 4.78 is 39.0. The van der Waals surface area contributed by atoms with Gasteiger partial charge in [0.2, 0.25) is 0 Å². The third kappa shape index (κ3) is 8.10. The third-order valence-electron chi connectivity index (χ3n) is 1.70. The highest BCUT2D eigenvalue weighted by atomic mass is 19.5. The first-order chi connectivity index (χ1) is 6.74. The molecule has 1 aliphatic heterocycles. The number of hydrogen-bond donors (Lipinski definition) is 1. The van der Waals surface area contributed by atoms with E-state index in [4.69, 9.17) is 5.11 Å². The van der Waals surface area contributed by atoms with Crippen molar-refractivity contribution in [2.75, 3.05) is 13.2 Å². The molecule has 0 aromatic rings. The van der Waals surface area contributed by atoms with Gasteiger partial charge in [0.05, 0.1) is 6.67 Å². The predicted molar refractivity (Wildman–Crippen MR) is 50.1 cm³/mol. The first kappa shape index (κ1) is 14.1. The van der Waals surface area contributed by atoms with Gasteiger partial charge in [-0.15, -0.1) is 0 Å². The van der Waals surface area contributed by atoms with Crippen molar-refractivity contribution in [1.82, 2.24) is 9.80 Å². The number of halogens is 4. The highest BCUT2D eigenvalue weighted by Crippen LogP contribution is 2.07. The molecule has 90 valence electrons. The Morgan fingerprint density at radius 2 is 1.80 bits per heavy atom. The Bertz CT molecular complexity index is 204. The second-order valence-electron chi connectivity index (χ2n) is 2.99. The monoisotopic (exact) mass is 229 g/mol. The SMILES string of the molecule is CCN1C=CN(C(C)O)C1.F[B-](F)(F)F. The quantitative estimate of drug-likeness (QED) is 0.576. The summed E-state index contributed by atoms with van der Waals surface area (Å²) in [5.41, 5.74) is 0. The van der Waals surface area contributed by atoms with Gasteiger partial charge in [-0.25, -0.2) is 0 Å². The Morgan fingerprint density at radius 1 is 1.33 bits per heavy atom. The van der Waals surface area contributed by atoms with E-state index < -0.39 is 7.25 Å². The van der Waals surface area contributed by atoms with Crippen molar-refractivity contribution < 1.29 is 22.4 Å². The fourth-order valence-electron chi connectivity index (χ4n) is 0.932. The molecule has 0 aromatic heterocycles. The maximum absolute atomic E-state index is 9.75. The molecule has 1 atom stereocenters. The summed E-state index contributed by atoms with van der Waals surface area (Å²) in [6.07, 6.45) is 3.54. The molecule has 0 amide bonds. The number of aliphatic hydroxyl groups excluding tert-OH is 1. The minimum absolute atomic E-state index is 0.368. The van der Waals surface area contributed by atoms with Crippen molar-refractivity contribution in [2.24, 2.45) is 0 Å². The molecule has 1 N–H and O–H groups in total. The number of nitrogens with zero attached hydrogens (tertiary/aromatic N) is 2. The molecule has 0 saturated heterocycles. The van der Waals surface area contributed by atoms with Crippen molar-refractivity contribution in [3.63, 3.8) is 0 Å². The van der Waals surface area contributed by atoms with E-state index in [0.717, 1.165) is 13.2 Å². The molecule has 0 bridgehead atoms. The van der Waals surface area contributed by atoms with Gasteiger partial charge in [0.15, 0.2) is 0 Å². The lowest BCUT2D eigenvalue weighted by Crippen LogP contribution is -2.31. The largest absolute Gasteiger partial charge is 0.673 e. The zero-order valence-corrected chi connectivity index (χ0v) is 8.58. The number of hydrogen-bond acceptors (Lipinski definition) is 3. The molecule has 3 nitrogen and oxygen atoms in total. The van der Waals surface area contributed by atoms with Gasteiger partial charge >= 0.3 is 7.25 Å². The lowest BCUT2D eigenvalue weighted by Gasteiger charge is -2.22. The van der Waals surface area contributed by atoms with Crippen molar-refractivity contribution in [1.29, 1.82) is 0 Å². The highest BCUT2D eigenvalue weighted by Gasteiger charge is 2.20. The summed E-state index contributed by atoms with van der Waals surface area (Å²) in [4.78, 5) is 4.01. The summed E-state index contributed by atoms with van der Waals surface area (Å²) in [6.45, 7) is 5.67. The highest BCUT2D eigenvalue weighted by molar-refractivity contribution is 6.50. The van der Waals surface area contributed by atoms with Crippen molar-refractivity contribution >= 4 is 7.25 Å². The lowest BCUT2D eigenvalue weighted by atomic mass is 10.3. The van der Waals surface area contributed by atoms with E-state index >= 15 is 0 Å². The lowest BCUT2D eigenvalue weighted by molar-refractivity contribution is 0.0418. The minimum Gasteiger partial charge on any atom is -0.418 e. The van der Waals surface area contributed by atoms with E-state index in [-0.39, 0.29) is 6.23 Å². The van der Waals surface area contributed by atoms with Gasteiger partial charge in [-0.05, 0) is 13.8 Å². The molecule has 0 spiro atoms. The van der Waals surface area contributed by atoms with Crippen molar-refractivity contribution in [2.45, 2.75) is 20.1 Å². The van der Waals surface area contributed by atoms with Gasteiger partial charge in [-0.3, -0.25) is 0 Å². The van der Waals surface area contributed by atoms with Gasteiger partial charge < -0.3 is 32.2 Å². The van der Waals surface area contributed by atoms with Gasteiger partial charge in [0.1, 0.15) is 6.23 Å². The smallest absolute Gasteiger partial charge is 0.418 e. The van der Waals surface area contributed by atoms with Gasteiger partial charge in [-0.1, -0.05) is 0 Å². The van der Waals surface area contributed by atoms with Crippen LogP contribution >= 0.6 is 0 Å². The van der Waals surface area contributed by atoms with Gasteiger partial charge in [0, 0.05) is 18.9 Å². The first-order valence-electron chi connectivity index (χ1n) is 4.47. The Hall–Kier alpha value is -0.915. The van der Waals surface area contributed by atoms with Crippen LogP contribution in [0.3, 0.4) is 0 Å². The van der Waals surface area contributed by atoms with E-state index in [2.05, 4.69) is 11.8 Å². The van der Waals surface area contributed by atoms with E-state index in [1.165, 1.54) is 0 Å². The summed E-state index contributed by atoms with van der Waals surface area (Å²) in [5.74, 6) is 0. The normalized spacial score (nSPS) is 17.5. The van der Waals surface area contributed by atoms with Crippen molar-refractivity contribution in [3.8, 4) is 0 Å². The summed E-state index contributed by atoms with van der Waals surface area (Å²) in [5, 5.41) is 9.11. The Kier molecular flexibility index (Phi) is 5.49. The van der Waals surface area contributed by atoms with Crippen LogP contribution in [-0.4, -0.2) is 41.6 Å². The van der Waals surface area contributed by atoms with Crippen LogP contribution in [0.5, 0.6) is 0 Å². The summed E-state index contributed by atoms with van der Waals surface area (Å²) >= 11 is 0. The molecule has 0 aliphatic carbocycles. The van der Waals surface area contributed by atoms with Crippen molar-refractivity contribution in [3.05, 3.63) is 12.4 Å². The Labute approximate surface area is 86.1 Å². The zero-order chi connectivity index (χ0) is 12.1. The van der Waals surface area contributed by atoms with Gasteiger partial charge in [0.25, 0.3) is 0 Å². The molecular weight excluding hydrogens is 215 g/mol. The Morgan fingerprint density at radius 3 is 2.00 bits per heavy atom. The average Bonchev–Trinajstić information content (AvgIpc) is 2.48. The molecule has 0 fully saturated rings. The van der Waals surface area contributed by atoms with Crippen LogP contribution in [0.4, 0.5) is 17.3 Å². The van der Waals surface area contributed by atoms with Gasteiger partial charge in [-0.2, -0.15) is 0 Å². The molecule has 15 heavy (non-hydrogen) atoms. The molecule has 1 unspecified atom stereocenters. The second kappa shape index (κ2) is 5.84. The van der Waals surface area contributed by atoms with Crippen LogP contribution < -0.4 is 0 Å². The molecular formula is C7H14BF4N2O-. The van der Waals surface area contributed by atoms with E-state index in [0.29, 0.717) is 0 Å². The fourth-order valence-corrected chi connectivity index (χ4v) is 0.932. The number of aliphatic hydroxyl groups is 1. The van der Waals surface area contributed by atoms with E-state index in [9.17, 15) is 17.3 Å². The van der Waals surface area contributed by atoms with Crippen LogP contribution in [0.1, 0.15) is 13.8 Å². The minimum atomic E-state index is -6.00. The summed E-state index contributed by atoms with van der Waals surface area (Å²) in [7, 11) is -6.00. The van der Waals surface area contributed by atoms with Crippen LogP contribution in [0, 0.1) is 0 Å². The molecule has 0 radical (unpaired) electrons. The van der Waals surface area contributed by atoms with Crippen LogP contribution in [0.15, 0.2) is 12.4 Å². The van der Waals surface area contributed by atoms with E-state index in [1.54, 1.807) is 6.92 Å². The Balaban J connectivity index is 0.000000336. The van der Waals surface area contributed by atoms with Crippen LogP contribution in [0.25, 0.3) is 0 Å². The molecule has 1 heterocycles. The van der Waals surface area contributed by atoms with Crippen LogP contribution in [-0.2, 0) is 0 Å². The summed E-state index contributed by atoms with van der Waals surface area (Å²) in [6, 6.07) is 0. The molecule has 1 aliphatic rings. The molecule has 0 saturated carbocycles. The maximum Gasteiger partial charge on any atom is 0.673 e. The van der Waals surface area contributed by atoms with Crippen LogP contribution in [0.2, 0.25) is 0 Å². The number of rotatable bonds is 2. The average molecular weight is 229 g/mol. The fraction of sp³-hybridized carbons (Fsp3) is 0.714. The third-order valence-corrected chi connectivity index (χ3v) is 1.70. The maximum atomic E-state index is 9.75. The zero-order valence-electron chi connectivity index (χ0n) is 8.58. The molecule has 0 aromatic carbocycles. The molecule has 1 rings (SSSR count). The topological polar surface area (TPSA) is 26.7 Å².